The molecule has 0 N–H and O–H groups in total. The Morgan fingerprint density at radius 1 is 0.947 bits per heavy atom. The van der Waals surface area contributed by atoms with Gasteiger partial charge in [0.15, 0.2) is 0 Å². The lowest BCUT2D eigenvalue weighted by molar-refractivity contribution is 0.136. The fraction of sp³-hybridized carbons (Fsp3) is 0.412. The molecule has 0 aromatic heterocycles. The summed E-state index contributed by atoms with van der Waals surface area (Å²) in [6, 6.07) is 12.7. The van der Waals surface area contributed by atoms with Crippen molar-refractivity contribution in [1.29, 1.82) is 0 Å². The van der Waals surface area contributed by atoms with E-state index in [0.29, 0.717) is 6.10 Å². The van der Waals surface area contributed by atoms with Crippen molar-refractivity contribution in [3.05, 3.63) is 40.9 Å². The number of hydrogen-bond donors (Lipinski definition) is 0. The van der Waals surface area contributed by atoms with Crippen LogP contribution in [-0.2, 0) is 0 Å². The molecule has 0 unspecified atom stereocenters. The van der Waals surface area contributed by atoms with Gasteiger partial charge in [0.25, 0.3) is 0 Å². The van der Waals surface area contributed by atoms with Crippen LogP contribution in [0.3, 0.4) is 0 Å². The number of benzene rings is 2. The van der Waals surface area contributed by atoms with Crippen LogP contribution >= 0.6 is 15.9 Å². The van der Waals surface area contributed by atoms with E-state index in [2.05, 4.69) is 59.3 Å². The van der Waals surface area contributed by atoms with Crippen LogP contribution < -0.4 is 4.74 Å². The molecule has 1 saturated carbocycles. The van der Waals surface area contributed by atoms with E-state index in [1.54, 1.807) is 0 Å². The van der Waals surface area contributed by atoms with Gasteiger partial charge < -0.3 is 4.74 Å². The van der Waals surface area contributed by atoms with E-state index >= 15 is 0 Å². The van der Waals surface area contributed by atoms with Crippen LogP contribution in [0.5, 0.6) is 5.75 Å². The molecule has 19 heavy (non-hydrogen) atoms. The Kier molecular flexibility index (Phi) is 3.79. The number of hydrogen-bond acceptors (Lipinski definition) is 1. The quantitative estimate of drug-likeness (QED) is 0.704. The summed E-state index contributed by atoms with van der Waals surface area (Å²) in [6.45, 7) is 2.34. The number of fused-ring (bicyclic) bond motifs is 1. The summed E-state index contributed by atoms with van der Waals surface area (Å²) < 4.78 is 7.25. The maximum absolute atomic E-state index is 6.14. The van der Waals surface area contributed by atoms with Crippen LogP contribution in [0.4, 0.5) is 0 Å². The van der Waals surface area contributed by atoms with Gasteiger partial charge in [0, 0.05) is 4.47 Å². The van der Waals surface area contributed by atoms with Crippen LogP contribution in [0.1, 0.15) is 32.6 Å². The first-order valence-electron chi connectivity index (χ1n) is 7.07. The minimum atomic E-state index is 0.404. The number of rotatable bonds is 2. The van der Waals surface area contributed by atoms with Crippen LogP contribution in [0.25, 0.3) is 10.8 Å². The Bertz CT molecular complexity index is 570. The Morgan fingerprint density at radius 3 is 2.47 bits per heavy atom. The van der Waals surface area contributed by atoms with E-state index in [4.69, 9.17) is 4.74 Å². The summed E-state index contributed by atoms with van der Waals surface area (Å²) in [6.07, 6.45) is 5.38. The van der Waals surface area contributed by atoms with E-state index in [1.165, 1.54) is 36.5 Å². The largest absolute Gasteiger partial charge is 0.490 e. The van der Waals surface area contributed by atoms with Crippen molar-refractivity contribution in [2.75, 3.05) is 0 Å². The van der Waals surface area contributed by atoms with Gasteiger partial charge in [-0.25, -0.2) is 0 Å². The second-order valence-corrected chi connectivity index (χ2v) is 6.57. The number of ether oxygens (including phenoxy) is 1. The van der Waals surface area contributed by atoms with Crippen molar-refractivity contribution >= 4 is 26.7 Å². The predicted octanol–water partition coefficient (Wildman–Crippen LogP) is 5.56. The highest BCUT2D eigenvalue weighted by Crippen LogP contribution is 2.29. The first kappa shape index (κ1) is 13.0. The van der Waals surface area contributed by atoms with Crippen molar-refractivity contribution in [1.82, 2.24) is 0 Å². The van der Waals surface area contributed by atoms with Crippen LogP contribution in [0, 0.1) is 5.92 Å². The fourth-order valence-electron chi connectivity index (χ4n) is 2.81. The second-order valence-electron chi connectivity index (χ2n) is 5.65. The van der Waals surface area contributed by atoms with Gasteiger partial charge in [-0.2, -0.15) is 0 Å². The zero-order chi connectivity index (χ0) is 13.2. The maximum Gasteiger partial charge on any atom is 0.120 e. The van der Waals surface area contributed by atoms with E-state index in [0.717, 1.165) is 16.1 Å². The average molecular weight is 319 g/mol. The number of halogens is 1. The highest BCUT2D eigenvalue weighted by molar-refractivity contribution is 9.10. The Balaban J connectivity index is 1.77. The molecule has 100 valence electrons. The molecule has 0 saturated heterocycles. The first-order chi connectivity index (χ1) is 9.20. The molecule has 0 aliphatic heterocycles. The molecule has 0 bridgehead atoms. The highest BCUT2D eigenvalue weighted by Gasteiger charge is 2.19. The van der Waals surface area contributed by atoms with Gasteiger partial charge in [-0.1, -0.05) is 35.0 Å². The molecule has 0 radical (unpaired) electrons. The van der Waals surface area contributed by atoms with E-state index in [9.17, 15) is 0 Å². The van der Waals surface area contributed by atoms with Crippen molar-refractivity contribution in [3.63, 3.8) is 0 Å². The molecule has 1 fully saturated rings. The second kappa shape index (κ2) is 5.54. The summed E-state index contributed by atoms with van der Waals surface area (Å²) >= 11 is 3.52. The molecule has 2 aromatic rings. The summed E-state index contributed by atoms with van der Waals surface area (Å²) in [5.74, 6) is 1.87. The molecule has 0 spiro atoms. The zero-order valence-corrected chi connectivity index (χ0v) is 12.8. The third-order valence-corrected chi connectivity index (χ3v) is 4.53. The van der Waals surface area contributed by atoms with Crippen LogP contribution in [0.2, 0.25) is 0 Å². The molecule has 1 nitrogen and oxygen atoms in total. The van der Waals surface area contributed by atoms with Gasteiger partial charge in [-0.05, 0) is 66.6 Å². The molecule has 0 heterocycles. The molecule has 1 aliphatic carbocycles. The van der Waals surface area contributed by atoms with E-state index in [-0.39, 0.29) is 0 Å². The summed E-state index contributed by atoms with van der Waals surface area (Å²) in [5, 5.41) is 2.49. The van der Waals surface area contributed by atoms with E-state index in [1.807, 2.05) is 0 Å². The topological polar surface area (TPSA) is 9.23 Å². The monoisotopic (exact) mass is 318 g/mol. The van der Waals surface area contributed by atoms with Gasteiger partial charge in [-0.3, -0.25) is 0 Å². The normalized spacial score (nSPS) is 23.5. The minimum Gasteiger partial charge on any atom is -0.490 e. The average Bonchev–Trinajstić information content (AvgIpc) is 2.41. The van der Waals surface area contributed by atoms with Crippen LogP contribution in [0.15, 0.2) is 40.9 Å². The lowest BCUT2D eigenvalue weighted by Crippen LogP contribution is -2.22. The molecule has 2 aromatic carbocycles. The zero-order valence-electron chi connectivity index (χ0n) is 11.2. The Morgan fingerprint density at radius 2 is 1.68 bits per heavy atom. The fourth-order valence-corrected chi connectivity index (χ4v) is 3.19. The van der Waals surface area contributed by atoms with Gasteiger partial charge in [0.05, 0.1) is 6.10 Å². The molecule has 3 rings (SSSR count). The summed E-state index contributed by atoms with van der Waals surface area (Å²) in [7, 11) is 0. The third-order valence-electron chi connectivity index (χ3n) is 4.04. The van der Waals surface area contributed by atoms with Gasteiger partial charge in [0.2, 0.25) is 0 Å². The third kappa shape index (κ3) is 3.11. The summed E-state index contributed by atoms with van der Waals surface area (Å²) in [5.41, 5.74) is 0. The van der Waals surface area contributed by atoms with Gasteiger partial charge in [-0.15, -0.1) is 0 Å². The van der Waals surface area contributed by atoms with E-state index < -0.39 is 0 Å². The smallest absolute Gasteiger partial charge is 0.120 e. The molecular formula is C17H19BrO. The molecular weight excluding hydrogens is 300 g/mol. The standard InChI is InChI=1S/C17H19BrO/c1-12-2-7-16(8-3-12)19-17-9-5-13-4-6-15(18)10-14(13)11-17/h4-6,9-12,16H,2-3,7-8H2,1H3/t12-,16+. The lowest BCUT2D eigenvalue weighted by atomic mass is 9.89. The first-order valence-corrected chi connectivity index (χ1v) is 7.86. The Hall–Kier alpha value is -1.02. The van der Waals surface area contributed by atoms with Crippen molar-refractivity contribution in [2.45, 2.75) is 38.7 Å². The van der Waals surface area contributed by atoms with Crippen molar-refractivity contribution in [3.8, 4) is 5.75 Å². The molecule has 0 amide bonds. The molecule has 2 heteroatoms. The van der Waals surface area contributed by atoms with Gasteiger partial charge in [0.1, 0.15) is 5.75 Å². The predicted molar refractivity (Wildman–Crippen MR) is 83.7 cm³/mol. The van der Waals surface area contributed by atoms with Crippen molar-refractivity contribution in [2.24, 2.45) is 5.92 Å². The van der Waals surface area contributed by atoms with Crippen LogP contribution in [-0.4, -0.2) is 6.10 Å². The minimum absolute atomic E-state index is 0.404. The molecule has 0 atom stereocenters. The lowest BCUT2D eigenvalue weighted by Gasteiger charge is -2.27. The SMILES string of the molecule is C[C@H]1CC[C@@H](Oc2ccc3ccc(Br)cc3c2)CC1. The van der Waals surface area contributed by atoms with Crippen molar-refractivity contribution < 1.29 is 4.74 Å². The maximum atomic E-state index is 6.14. The van der Waals surface area contributed by atoms with Gasteiger partial charge >= 0.3 is 0 Å². The molecule has 1 aliphatic rings. The Labute approximate surface area is 123 Å². The summed E-state index contributed by atoms with van der Waals surface area (Å²) in [4.78, 5) is 0. The highest BCUT2D eigenvalue weighted by atomic mass is 79.9.